The normalized spacial score (nSPS) is 11.8. The highest BCUT2D eigenvalue weighted by atomic mass is 35.5. The van der Waals surface area contributed by atoms with Crippen LogP contribution in [0.4, 0.5) is 0 Å². The van der Waals surface area contributed by atoms with Crippen LogP contribution >= 0.6 is 23.2 Å². The number of halogens is 2. The summed E-state index contributed by atoms with van der Waals surface area (Å²) in [7, 11) is -3.77. The molecule has 2 aromatic rings. The van der Waals surface area contributed by atoms with E-state index in [0.29, 0.717) is 15.6 Å². The molecule has 2 rings (SSSR count). The number of nitrogens with two attached hydrogens (primary N) is 1. The molecule has 0 aromatic heterocycles. The van der Waals surface area contributed by atoms with E-state index in [1.165, 1.54) is 30.3 Å². The predicted octanol–water partition coefficient (Wildman–Crippen LogP) is 3.54. The second kappa shape index (κ2) is 6.62. The van der Waals surface area contributed by atoms with Crippen molar-refractivity contribution in [1.29, 1.82) is 0 Å². The summed E-state index contributed by atoms with van der Waals surface area (Å²) in [6, 6.07) is 10.4. The maximum Gasteiger partial charge on any atom is 0.238 e. The van der Waals surface area contributed by atoms with Crippen LogP contribution in [-0.4, -0.2) is 14.2 Å². The molecule has 0 radical (unpaired) electrons. The van der Waals surface area contributed by atoms with Gasteiger partial charge in [-0.1, -0.05) is 35.3 Å². The molecule has 0 atom stereocenters. The van der Waals surface area contributed by atoms with Gasteiger partial charge in [-0.15, -0.1) is 0 Å². The lowest BCUT2D eigenvalue weighted by Crippen LogP contribution is -2.12. The van der Waals surface area contributed by atoms with Crippen molar-refractivity contribution in [3.63, 3.8) is 0 Å². The van der Waals surface area contributed by atoms with Crippen molar-refractivity contribution in [2.75, 3.05) is 0 Å². The molecule has 0 aliphatic carbocycles. The summed E-state index contributed by atoms with van der Waals surface area (Å²) in [6.45, 7) is 0. The van der Waals surface area contributed by atoms with Gasteiger partial charge in [0.2, 0.25) is 10.0 Å². The molecule has 0 amide bonds. The molecule has 0 aliphatic rings. The fourth-order valence-electron chi connectivity index (χ4n) is 1.69. The fraction of sp³-hybridized carbons (Fsp3) is 0. The number of carbonyl (C=O) groups excluding carboxylic acids is 1. The van der Waals surface area contributed by atoms with Crippen LogP contribution in [0.2, 0.25) is 10.0 Å². The Labute approximate surface area is 138 Å². The van der Waals surface area contributed by atoms with Crippen molar-refractivity contribution in [3.8, 4) is 0 Å². The number of benzene rings is 2. The van der Waals surface area contributed by atoms with Gasteiger partial charge in [0, 0.05) is 5.56 Å². The Morgan fingerprint density at radius 3 is 2.18 bits per heavy atom. The molecule has 114 valence electrons. The summed E-state index contributed by atoms with van der Waals surface area (Å²) in [6.07, 6.45) is 2.96. The minimum atomic E-state index is -3.77. The highest BCUT2D eigenvalue weighted by molar-refractivity contribution is 7.89. The average molecular weight is 356 g/mol. The molecular formula is C15H11Cl2NO3S. The van der Waals surface area contributed by atoms with Crippen LogP contribution in [0.5, 0.6) is 0 Å². The molecular weight excluding hydrogens is 345 g/mol. The van der Waals surface area contributed by atoms with E-state index >= 15 is 0 Å². The summed E-state index contributed by atoms with van der Waals surface area (Å²) in [5.41, 5.74) is 1.08. The predicted molar refractivity (Wildman–Crippen MR) is 87.6 cm³/mol. The number of carbonyl (C=O) groups is 1. The lowest BCUT2D eigenvalue weighted by molar-refractivity contribution is 0.104. The number of rotatable bonds is 4. The van der Waals surface area contributed by atoms with E-state index in [9.17, 15) is 13.2 Å². The molecule has 0 bridgehead atoms. The van der Waals surface area contributed by atoms with E-state index in [2.05, 4.69) is 0 Å². The molecule has 0 spiro atoms. The largest absolute Gasteiger partial charge is 0.289 e. The molecule has 0 heterocycles. The molecule has 7 heteroatoms. The summed E-state index contributed by atoms with van der Waals surface area (Å²) in [4.78, 5) is 12.0. The van der Waals surface area contributed by atoms with Crippen LogP contribution in [0.1, 0.15) is 15.9 Å². The van der Waals surface area contributed by atoms with Crippen LogP contribution in [-0.2, 0) is 10.0 Å². The lowest BCUT2D eigenvalue weighted by Gasteiger charge is -2.00. The summed E-state index contributed by atoms with van der Waals surface area (Å²) < 4.78 is 22.3. The Morgan fingerprint density at radius 1 is 1.00 bits per heavy atom. The Balaban J connectivity index is 2.18. The highest BCUT2D eigenvalue weighted by Crippen LogP contribution is 2.23. The third-order valence-electron chi connectivity index (χ3n) is 2.84. The van der Waals surface area contributed by atoms with Gasteiger partial charge in [-0.25, -0.2) is 13.6 Å². The molecule has 0 aliphatic heterocycles. The Kier molecular flexibility index (Phi) is 5.03. The first kappa shape index (κ1) is 16.7. The fourth-order valence-corrected chi connectivity index (χ4v) is 2.52. The van der Waals surface area contributed by atoms with Crippen molar-refractivity contribution in [3.05, 3.63) is 69.7 Å². The Hall–Kier alpha value is -1.66. The Bertz CT molecular complexity index is 844. The summed E-state index contributed by atoms with van der Waals surface area (Å²) >= 11 is 11.7. The number of sulfonamides is 1. The van der Waals surface area contributed by atoms with Gasteiger partial charge in [0.1, 0.15) is 0 Å². The second-order valence-electron chi connectivity index (χ2n) is 4.44. The molecule has 0 unspecified atom stereocenters. The van der Waals surface area contributed by atoms with Gasteiger partial charge >= 0.3 is 0 Å². The number of hydrogen-bond donors (Lipinski definition) is 1. The van der Waals surface area contributed by atoms with Crippen LogP contribution in [0.15, 0.2) is 53.4 Å². The SMILES string of the molecule is NS(=O)(=O)c1ccc(C(=O)/C=C/c2ccc(Cl)c(Cl)c2)cc1. The van der Waals surface area contributed by atoms with Gasteiger partial charge in [-0.2, -0.15) is 0 Å². The topological polar surface area (TPSA) is 77.2 Å². The van der Waals surface area contributed by atoms with Crippen molar-refractivity contribution in [2.45, 2.75) is 4.90 Å². The van der Waals surface area contributed by atoms with E-state index in [0.717, 1.165) is 5.56 Å². The van der Waals surface area contributed by atoms with Gasteiger partial charge in [0.05, 0.1) is 14.9 Å². The molecule has 2 aromatic carbocycles. The third kappa shape index (κ3) is 4.18. The number of ketones is 1. The minimum Gasteiger partial charge on any atom is -0.289 e. The van der Waals surface area contributed by atoms with Gasteiger partial charge in [-0.3, -0.25) is 4.79 Å². The van der Waals surface area contributed by atoms with E-state index in [1.54, 1.807) is 24.3 Å². The molecule has 22 heavy (non-hydrogen) atoms. The van der Waals surface area contributed by atoms with E-state index in [1.807, 2.05) is 0 Å². The second-order valence-corrected chi connectivity index (χ2v) is 6.82. The van der Waals surface area contributed by atoms with Crippen molar-refractivity contribution < 1.29 is 13.2 Å². The maximum absolute atomic E-state index is 12.0. The molecule has 0 fully saturated rings. The summed E-state index contributed by atoms with van der Waals surface area (Å²) in [5, 5.41) is 5.83. The van der Waals surface area contributed by atoms with E-state index in [-0.39, 0.29) is 10.7 Å². The molecule has 0 saturated heterocycles. The molecule has 4 nitrogen and oxygen atoms in total. The van der Waals surface area contributed by atoms with Crippen LogP contribution in [0.25, 0.3) is 6.08 Å². The maximum atomic E-state index is 12.0. The van der Waals surface area contributed by atoms with Crippen molar-refractivity contribution >= 4 is 45.1 Å². The lowest BCUT2D eigenvalue weighted by atomic mass is 10.1. The standard InChI is InChI=1S/C15H11Cl2NO3S/c16-13-7-1-10(9-14(13)17)2-8-15(19)11-3-5-12(6-4-11)22(18,20)21/h1-9H,(H2,18,20,21)/b8-2+. The van der Waals surface area contributed by atoms with Crippen molar-refractivity contribution in [1.82, 2.24) is 0 Å². The number of allylic oxidation sites excluding steroid dienone is 1. The van der Waals surface area contributed by atoms with Crippen molar-refractivity contribution in [2.24, 2.45) is 5.14 Å². The first-order chi connectivity index (χ1) is 10.3. The minimum absolute atomic E-state index is 0.0440. The van der Waals surface area contributed by atoms with Crippen LogP contribution < -0.4 is 5.14 Å². The average Bonchev–Trinajstić information content (AvgIpc) is 2.47. The summed E-state index contributed by atoms with van der Waals surface area (Å²) in [5.74, 6) is -0.271. The monoisotopic (exact) mass is 355 g/mol. The van der Waals surface area contributed by atoms with E-state index < -0.39 is 10.0 Å². The van der Waals surface area contributed by atoms with Gasteiger partial charge in [0.25, 0.3) is 0 Å². The van der Waals surface area contributed by atoms with Crippen LogP contribution in [0, 0.1) is 0 Å². The zero-order valence-electron chi connectivity index (χ0n) is 11.2. The Morgan fingerprint density at radius 2 is 1.64 bits per heavy atom. The zero-order valence-corrected chi connectivity index (χ0v) is 13.5. The van der Waals surface area contributed by atoms with E-state index in [4.69, 9.17) is 28.3 Å². The van der Waals surface area contributed by atoms with Crippen LogP contribution in [0.3, 0.4) is 0 Å². The number of primary sulfonamides is 1. The first-order valence-corrected chi connectivity index (χ1v) is 8.38. The third-order valence-corrected chi connectivity index (χ3v) is 4.51. The zero-order chi connectivity index (χ0) is 16.3. The molecule has 0 saturated carbocycles. The highest BCUT2D eigenvalue weighted by Gasteiger charge is 2.08. The number of hydrogen-bond acceptors (Lipinski definition) is 3. The van der Waals surface area contributed by atoms with Gasteiger partial charge in [-0.05, 0) is 48.0 Å². The first-order valence-electron chi connectivity index (χ1n) is 6.08. The molecule has 2 N–H and O–H groups in total. The van der Waals surface area contributed by atoms with Gasteiger partial charge < -0.3 is 0 Å². The quantitative estimate of drug-likeness (QED) is 0.672. The van der Waals surface area contributed by atoms with Gasteiger partial charge in [0.15, 0.2) is 5.78 Å². The smallest absolute Gasteiger partial charge is 0.238 e.